The van der Waals surface area contributed by atoms with Crippen LogP contribution in [0.3, 0.4) is 0 Å². The van der Waals surface area contributed by atoms with E-state index in [0.717, 1.165) is 22.3 Å². The largest absolute Gasteiger partial charge is 0.0622 e. The van der Waals surface area contributed by atoms with Crippen molar-refractivity contribution in [2.75, 3.05) is 0 Å². The van der Waals surface area contributed by atoms with Crippen molar-refractivity contribution in [2.45, 2.75) is 26.2 Å². The molecule has 0 unspecified atom stereocenters. The van der Waals surface area contributed by atoms with Gasteiger partial charge in [0.15, 0.2) is 0 Å². The molecule has 0 atom stereocenters. The lowest BCUT2D eigenvalue weighted by molar-refractivity contribution is 0.594. The molecule has 4 rings (SSSR count). The standard InChI is InChI=1S/C30H24/c1-30(2,3)29-26(18-16-24-12-8-5-9-13-24)19-20-27-22-25(17-21-28(27)29)15-14-23-10-6-4-7-11-23/h4-13,17,19-22H,1-3H3. The van der Waals surface area contributed by atoms with Gasteiger partial charge in [0, 0.05) is 22.3 Å². The summed E-state index contributed by atoms with van der Waals surface area (Å²) >= 11 is 0. The molecule has 4 aromatic carbocycles. The van der Waals surface area contributed by atoms with E-state index in [4.69, 9.17) is 0 Å². The van der Waals surface area contributed by atoms with Crippen LogP contribution in [-0.4, -0.2) is 0 Å². The van der Waals surface area contributed by atoms with Gasteiger partial charge in [0.2, 0.25) is 0 Å². The number of fused-ring (bicyclic) bond motifs is 1. The molecular formula is C30H24. The quantitative estimate of drug-likeness (QED) is 0.288. The van der Waals surface area contributed by atoms with Gasteiger partial charge >= 0.3 is 0 Å². The minimum Gasteiger partial charge on any atom is -0.0622 e. The highest BCUT2D eigenvalue weighted by molar-refractivity contribution is 5.90. The van der Waals surface area contributed by atoms with Gasteiger partial charge in [-0.2, -0.15) is 0 Å². The Bertz CT molecular complexity index is 1300. The molecule has 144 valence electrons. The summed E-state index contributed by atoms with van der Waals surface area (Å²) in [6.07, 6.45) is 0. The second kappa shape index (κ2) is 8.32. The third-order valence-electron chi connectivity index (χ3n) is 5.01. The third kappa shape index (κ3) is 4.46. The van der Waals surface area contributed by atoms with Crippen molar-refractivity contribution in [2.24, 2.45) is 0 Å². The summed E-state index contributed by atoms with van der Waals surface area (Å²) in [6.45, 7) is 6.75. The van der Waals surface area contributed by atoms with Crippen LogP contribution in [0.5, 0.6) is 0 Å². The van der Waals surface area contributed by atoms with E-state index >= 15 is 0 Å². The van der Waals surface area contributed by atoms with Crippen molar-refractivity contribution >= 4 is 10.8 Å². The summed E-state index contributed by atoms with van der Waals surface area (Å²) in [4.78, 5) is 0. The first-order valence-corrected chi connectivity index (χ1v) is 10.2. The van der Waals surface area contributed by atoms with E-state index in [1.807, 2.05) is 60.7 Å². The van der Waals surface area contributed by atoms with Crippen LogP contribution in [0.4, 0.5) is 0 Å². The molecule has 0 aromatic heterocycles. The third-order valence-corrected chi connectivity index (χ3v) is 5.01. The van der Waals surface area contributed by atoms with Gasteiger partial charge in [0.25, 0.3) is 0 Å². The van der Waals surface area contributed by atoms with Crippen molar-refractivity contribution in [1.82, 2.24) is 0 Å². The molecule has 4 aromatic rings. The highest BCUT2D eigenvalue weighted by Gasteiger charge is 2.20. The van der Waals surface area contributed by atoms with Gasteiger partial charge in [-0.15, -0.1) is 0 Å². The van der Waals surface area contributed by atoms with E-state index in [1.54, 1.807) is 0 Å². The molecule has 0 amide bonds. The van der Waals surface area contributed by atoms with Crippen molar-refractivity contribution in [3.63, 3.8) is 0 Å². The maximum Gasteiger partial charge on any atom is 0.0292 e. The topological polar surface area (TPSA) is 0 Å². The fourth-order valence-electron chi connectivity index (χ4n) is 3.65. The minimum atomic E-state index is -0.0164. The first-order chi connectivity index (χ1) is 14.5. The molecule has 0 spiro atoms. The molecule has 0 bridgehead atoms. The predicted molar refractivity (Wildman–Crippen MR) is 127 cm³/mol. The Morgan fingerprint density at radius 3 is 1.70 bits per heavy atom. The molecule has 0 aliphatic heterocycles. The molecule has 30 heavy (non-hydrogen) atoms. The molecule has 0 heteroatoms. The fourth-order valence-corrected chi connectivity index (χ4v) is 3.65. The number of hydrogen-bond donors (Lipinski definition) is 0. The van der Waals surface area contributed by atoms with E-state index in [2.05, 4.69) is 74.8 Å². The molecule has 0 N–H and O–H groups in total. The first kappa shape index (κ1) is 19.6. The van der Waals surface area contributed by atoms with Gasteiger partial charge in [-0.3, -0.25) is 0 Å². The molecule has 0 radical (unpaired) electrons. The summed E-state index contributed by atoms with van der Waals surface area (Å²) < 4.78 is 0. The van der Waals surface area contributed by atoms with Crippen molar-refractivity contribution in [1.29, 1.82) is 0 Å². The predicted octanol–water partition coefficient (Wildman–Crippen LogP) is 6.94. The monoisotopic (exact) mass is 384 g/mol. The Morgan fingerprint density at radius 2 is 1.10 bits per heavy atom. The highest BCUT2D eigenvalue weighted by Crippen LogP contribution is 2.33. The Morgan fingerprint density at radius 1 is 0.533 bits per heavy atom. The lowest BCUT2D eigenvalue weighted by atomic mass is 9.80. The average Bonchev–Trinajstić information content (AvgIpc) is 2.76. The smallest absolute Gasteiger partial charge is 0.0292 e. The lowest BCUT2D eigenvalue weighted by Crippen LogP contribution is -2.14. The summed E-state index contributed by atoms with van der Waals surface area (Å²) in [7, 11) is 0. The van der Waals surface area contributed by atoms with E-state index in [0.29, 0.717) is 0 Å². The van der Waals surface area contributed by atoms with Crippen LogP contribution in [0.25, 0.3) is 10.8 Å². The minimum absolute atomic E-state index is 0.0164. The van der Waals surface area contributed by atoms with Gasteiger partial charge in [0.1, 0.15) is 0 Å². The lowest BCUT2D eigenvalue weighted by Gasteiger charge is -2.23. The number of hydrogen-bond acceptors (Lipinski definition) is 0. The molecular weight excluding hydrogens is 360 g/mol. The van der Waals surface area contributed by atoms with Crippen molar-refractivity contribution in [3.05, 3.63) is 119 Å². The molecule has 0 fully saturated rings. The molecule has 0 heterocycles. The average molecular weight is 385 g/mol. The molecule has 0 saturated carbocycles. The van der Waals surface area contributed by atoms with Gasteiger partial charge in [-0.25, -0.2) is 0 Å². The van der Waals surface area contributed by atoms with Gasteiger partial charge in [0.05, 0.1) is 0 Å². The van der Waals surface area contributed by atoms with E-state index in [-0.39, 0.29) is 5.41 Å². The van der Waals surface area contributed by atoms with Crippen LogP contribution in [0.15, 0.2) is 91.0 Å². The highest BCUT2D eigenvalue weighted by atomic mass is 14.2. The molecule has 0 saturated heterocycles. The zero-order chi connectivity index (χ0) is 21.0. The first-order valence-electron chi connectivity index (χ1n) is 10.2. The van der Waals surface area contributed by atoms with Crippen molar-refractivity contribution in [3.8, 4) is 23.7 Å². The van der Waals surface area contributed by atoms with Crippen LogP contribution in [-0.2, 0) is 5.41 Å². The summed E-state index contributed by atoms with van der Waals surface area (Å²) in [5.74, 6) is 13.3. The van der Waals surface area contributed by atoms with Gasteiger partial charge in [-0.1, -0.05) is 93.0 Å². The van der Waals surface area contributed by atoms with Crippen LogP contribution >= 0.6 is 0 Å². The van der Waals surface area contributed by atoms with Crippen LogP contribution in [0.2, 0.25) is 0 Å². The summed E-state index contributed by atoms with van der Waals surface area (Å²) in [5.41, 5.74) is 5.43. The molecule has 0 nitrogen and oxygen atoms in total. The van der Waals surface area contributed by atoms with Gasteiger partial charge in [-0.05, 0) is 64.2 Å². The van der Waals surface area contributed by atoms with E-state index in [9.17, 15) is 0 Å². The van der Waals surface area contributed by atoms with Crippen LogP contribution < -0.4 is 0 Å². The number of rotatable bonds is 0. The zero-order valence-corrected chi connectivity index (χ0v) is 17.7. The molecule has 0 aliphatic carbocycles. The summed E-state index contributed by atoms with van der Waals surface area (Å²) in [6, 6.07) is 31.0. The van der Waals surface area contributed by atoms with Crippen LogP contribution in [0.1, 0.15) is 48.6 Å². The Kier molecular flexibility index (Phi) is 5.43. The maximum atomic E-state index is 3.41. The van der Waals surface area contributed by atoms with E-state index in [1.165, 1.54) is 16.3 Å². The Hall–Kier alpha value is -3.74. The van der Waals surface area contributed by atoms with Crippen LogP contribution in [0, 0.1) is 23.7 Å². The zero-order valence-electron chi connectivity index (χ0n) is 17.7. The SMILES string of the molecule is CC(C)(C)c1c(C#Cc2ccccc2)ccc2cc(C#Cc3ccccc3)ccc12. The fraction of sp³-hybridized carbons (Fsp3) is 0.133. The second-order valence-electron chi connectivity index (χ2n) is 8.41. The molecule has 0 aliphatic rings. The second-order valence-corrected chi connectivity index (χ2v) is 8.41. The Labute approximate surface area is 179 Å². The summed E-state index contributed by atoms with van der Waals surface area (Å²) in [5, 5.41) is 2.44. The van der Waals surface area contributed by atoms with Gasteiger partial charge < -0.3 is 0 Å². The van der Waals surface area contributed by atoms with Crippen molar-refractivity contribution < 1.29 is 0 Å². The normalized spacial score (nSPS) is 10.6. The number of benzene rings is 4. The maximum absolute atomic E-state index is 3.41. The van der Waals surface area contributed by atoms with E-state index < -0.39 is 0 Å². The Balaban J connectivity index is 1.79.